The first-order chi connectivity index (χ1) is 14.3. The molecule has 2 aromatic carbocycles. The van der Waals surface area contributed by atoms with Gasteiger partial charge in [-0.1, -0.05) is 6.07 Å². The summed E-state index contributed by atoms with van der Waals surface area (Å²) in [6.45, 7) is 2.10. The van der Waals surface area contributed by atoms with E-state index >= 15 is 0 Å². The average Bonchev–Trinajstić information content (AvgIpc) is 3.11. The number of furan rings is 1. The van der Waals surface area contributed by atoms with Gasteiger partial charge in [-0.2, -0.15) is 0 Å². The van der Waals surface area contributed by atoms with Crippen molar-refractivity contribution in [3.63, 3.8) is 0 Å². The molecule has 0 radical (unpaired) electrons. The minimum atomic E-state index is -1.13. The summed E-state index contributed by atoms with van der Waals surface area (Å²) < 4.78 is 5.80. The second-order valence-corrected chi connectivity index (χ2v) is 6.68. The number of nitrogens with two attached hydrogens (primary N) is 1. The molecule has 8 heteroatoms. The lowest BCUT2D eigenvalue weighted by atomic mass is 9.97. The van der Waals surface area contributed by atoms with Gasteiger partial charge in [0.05, 0.1) is 12.1 Å². The molecule has 6 N–H and O–H groups in total. The maximum atomic E-state index is 11.9. The standard InChI is InChI=1S/C22H22N4O4/c1-12-9-17(16-8-5-14(21(27)25-2)10-18(16)22(28)29)19(30-12)11-26-15-6-3-13(4-7-15)20(23)24/h3-10,26H,11H2,1-2H3,(H3,23,24)(H,25,27)(H,28,29). The van der Waals surface area contributed by atoms with Crippen LogP contribution in [0.25, 0.3) is 11.1 Å². The van der Waals surface area contributed by atoms with E-state index in [0.29, 0.717) is 34.8 Å². The van der Waals surface area contributed by atoms with Crippen LogP contribution in [0.15, 0.2) is 52.9 Å². The highest BCUT2D eigenvalue weighted by molar-refractivity contribution is 6.01. The molecule has 30 heavy (non-hydrogen) atoms. The molecule has 154 valence electrons. The van der Waals surface area contributed by atoms with E-state index in [1.165, 1.54) is 13.1 Å². The lowest BCUT2D eigenvalue weighted by Gasteiger charge is -2.10. The summed E-state index contributed by atoms with van der Waals surface area (Å²) >= 11 is 0. The topological polar surface area (TPSA) is 141 Å². The first-order valence-electron chi connectivity index (χ1n) is 9.17. The number of carbonyl (C=O) groups excluding carboxylic acids is 1. The second-order valence-electron chi connectivity index (χ2n) is 6.68. The van der Waals surface area contributed by atoms with Crippen molar-refractivity contribution >= 4 is 23.4 Å². The molecule has 1 aromatic heterocycles. The van der Waals surface area contributed by atoms with E-state index in [0.717, 1.165) is 5.69 Å². The van der Waals surface area contributed by atoms with Crippen molar-refractivity contribution in [2.24, 2.45) is 5.73 Å². The van der Waals surface area contributed by atoms with Crippen molar-refractivity contribution in [3.05, 3.63) is 76.7 Å². The molecule has 8 nitrogen and oxygen atoms in total. The molecule has 0 aliphatic heterocycles. The number of nitrogen functional groups attached to an aromatic ring is 1. The number of aromatic carboxylic acids is 1. The van der Waals surface area contributed by atoms with Crippen LogP contribution in [-0.2, 0) is 6.54 Å². The van der Waals surface area contributed by atoms with Crippen molar-refractivity contribution < 1.29 is 19.1 Å². The van der Waals surface area contributed by atoms with Crippen LogP contribution in [0.3, 0.4) is 0 Å². The van der Waals surface area contributed by atoms with Gasteiger partial charge in [-0.05, 0) is 55.0 Å². The fourth-order valence-corrected chi connectivity index (χ4v) is 3.11. The van der Waals surface area contributed by atoms with Gasteiger partial charge in [0.1, 0.15) is 17.4 Å². The number of amidine groups is 1. The van der Waals surface area contributed by atoms with Gasteiger partial charge in [0.2, 0.25) is 0 Å². The van der Waals surface area contributed by atoms with Gasteiger partial charge in [-0.15, -0.1) is 0 Å². The number of hydrogen-bond acceptors (Lipinski definition) is 5. The van der Waals surface area contributed by atoms with Crippen LogP contribution in [0.4, 0.5) is 5.69 Å². The number of amides is 1. The van der Waals surface area contributed by atoms with Gasteiger partial charge in [0.25, 0.3) is 5.91 Å². The van der Waals surface area contributed by atoms with Crippen LogP contribution in [0.2, 0.25) is 0 Å². The summed E-state index contributed by atoms with van der Waals surface area (Å²) in [7, 11) is 1.49. The van der Waals surface area contributed by atoms with Crippen LogP contribution in [0.1, 0.15) is 37.8 Å². The lowest BCUT2D eigenvalue weighted by Crippen LogP contribution is -2.18. The van der Waals surface area contributed by atoms with Gasteiger partial charge in [-0.3, -0.25) is 10.2 Å². The monoisotopic (exact) mass is 406 g/mol. The number of carboxylic acid groups (broad SMARTS) is 1. The van der Waals surface area contributed by atoms with E-state index in [1.54, 1.807) is 49.4 Å². The first kappa shape index (κ1) is 20.7. The Kier molecular flexibility index (Phi) is 5.87. The first-order valence-corrected chi connectivity index (χ1v) is 9.17. The second kappa shape index (κ2) is 8.52. The molecule has 1 heterocycles. The Morgan fingerprint density at radius 1 is 1.07 bits per heavy atom. The fourth-order valence-electron chi connectivity index (χ4n) is 3.11. The molecule has 0 bridgehead atoms. The Morgan fingerprint density at radius 3 is 2.33 bits per heavy atom. The number of carboxylic acids is 1. The zero-order valence-corrected chi connectivity index (χ0v) is 16.6. The van der Waals surface area contributed by atoms with Crippen molar-refractivity contribution in [2.75, 3.05) is 12.4 Å². The molecular weight excluding hydrogens is 384 g/mol. The predicted molar refractivity (Wildman–Crippen MR) is 114 cm³/mol. The molecule has 0 spiro atoms. The molecule has 0 saturated heterocycles. The number of hydrogen-bond donors (Lipinski definition) is 5. The van der Waals surface area contributed by atoms with E-state index in [-0.39, 0.29) is 22.9 Å². The number of rotatable bonds is 7. The minimum absolute atomic E-state index is 0.00750. The zero-order valence-electron chi connectivity index (χ0n) is 16.6. The Hall–Kier alpha value is -4.07. The van der Waals surface area contributed by atoms with Crippen LogP contribution < -0.4 is 16.4 Å². The van der Waals surface area contributed by atoms with Crippen molar-refractivity contribution in [3.8, 4) is 11.1 Å². The molecule has 0 atom stereocenters. The van der Waals surface area contributed by atoms with Crippen LogP contribution in [0, 0.1) is 12.3 Å². The van der Waals surface area contributed by atoms with Gasteiger partial charge in [0.15, 0.2) is 0 Å². The largest absolute Gasteiger partial charge is 0.478 e. The highest BCUT2D eigenvalue weighted by Gasteiger charge is 2.20. The SMILES string of the molecule is CNC(=O)c1ccc(-c2cc(C)oc2CNc2ccc(C(=N)N)cc2)c(C(=O)O)c1. The summed E-state index contributed by atoms with van der Waals surface area (Å²) in [5.41, 5.74) is 8.28. The van der Waals surface area contributed by atoms with Crippen LogP contribution in [-0.4, -0.2) is 29.9 Å². The zero-order chi connectivity index (χ0) is 21.8. The van der Waals surface area contributed by atoms with E-state index in [9.17, 15) is 14.7 Å². The summed E-state index contributed by atoms with van der Waals surface area (Å²) in [6.07, 6.45) is 0. The highest BCUT2D eigenvalue weighted by Crippen LogP contribution is 2.31. The number of aryl methyl sites for hydroxylation is 1. The summed E-state index contributed by atoms with van der Waals surface area (Å²) in [5.74, 6) is -0.290. The highest BCUT2D eigenvalue weighted by atomic mass is 16.4. The molecule has 3 rings (SSSR count). The van der Waals surface area contributed by atoms with Gasteiger partial charge in [-0.25, -0.2) is 4.79 Å². The van der Waals surface area contributed by atoms with Crippen molar-refractivity contribution in [2.45, 2.75) is 13.5 Å². The number of anilines is 1. The fraction of sp³-hybridized carbons (Fsp3) is 0.136. The minimum Gasteiger partial charge on any atom is -0.478 e. The molecule has 0 unspecified atom stereocenters. The Morgan fingerprint density at radius 2 is 1.73 bits per heavy atom. The third-order valence-corrected chi connectivity index (χ3v) is 4.61. The maximum absolute atomic E-state index is 11.9. The third-order valence-electron chi connectivity index (χ3n) is 4.61. The molecule has 0 aliphatic carbocycles. The van der Waals surface area contributed by atoms with E-state index < -0.39 is 5.97 Å². The van der Waals surface area contributed by atoms with Gasteiger partial charge in [0, 0.05) is 29.4 Å². The third kappa shape index (κ3) is 4.33. The molecule has 3 aromatic rings. The van der Waals surface area contributed by atoms with Crippen LogP contribution in [0.5, 0.6) is 0 Å². The van der Waals surface area contributed by atoms with E-state index in [2.05, 4.69) is 10.6 Å². The number of carbonyl (C=O) groups is 2. The molecule has 0 aliphatic rings. The Balaban J connectivity index is 1.92. The molecule has 1 amide bonds. The van der Waals surface area contributed by atoms with Crippen molar-refractivity contribution in [1.29, 1.82) is 5.41 Å². The number of nitrogens with one attached hydrogen (secondary N) is 3. The Labute approximate surface area is 173 Å². The molecular formula is C22H22N4O4. The quantitative estimate of drug-likeness (QED) is 0.301. The number of benzene rings is 2. The van der Waals surface area contributed by atoms with E-state index in [1.807, 2.05) is 0 Å². The summed E-state index contributed by atoms with van der Waals surface area (Å²) in [6, 6.07) is 13.4. The van der Waals surface area contributed by atoms with Crippen molar-refractivity contribution in [1.82, 2.24) is 5.32 Å². The van der Waals surface area contributed by atoms with E-state index in [4.69, 9.17) is 15.6 Å². The van der Waals surface area contributed by atoms with Gasteiger partial charge >= 0.3 is 5.97 Å². The summed E-state index contributed by atoms with van der Waals surface area (Å²) in [4.78, 5) is 23.7. The summed E-state index contributed by atoms with van der Waals surface area (Å²) in [5, 5.41) is 22.8. The molecule has 0 saturated carbocycles. The predicted octanol–water partition coefficient (Wildman–Crippen LogP) is 3.21. The maximum Gasteiger partial charge on any atom is 0.336 e. The Bertz CT molecular complexity index is 1120. The normalized spacial score (nSPS) is 10.5. The smallest absolute Gasteiger partial charge is 0.336 e. The average molecular weight is 406 g/mol. The van der Waals surface area contributed by atoms with Gasteiger partial charge < -0.3 is 25.9 Å². The lowest BCUT2D eigenvalue weighted by molar-refractivity contribution is 0.0697. The molecule has 0 fully saturated rings. The van der Waals surface area contributed by atoms with Crippen LogP contribution >= 0.6 is 0 Å².